The van der Waals surface area contributed by atoms with Crippen LogP contribution in [0, 0.1) is 30.9 Å². The van der Waals surface area contributed by atoms with Gasteiger partial charge in [-0.3, -0.25) is 0 Å². The van der Waals surface area contributed by atoms with E-state index in [0.29, 0.717) is 28.8 Å². The summed E-state index contributed by atoms with van der Waals surface area (Å²) >= 11 is 0. The molecule has 7 nitrogen and oxygen atoms in total. The van der Waals surface area contributed by atoms with Crippen LogP contribution in [0.4, 0.5) is 0 Å². The van der Waals surface area contributed by atoms with Crippen molar-refractivity contribution >= 4 is 6.08 Å². The second kappa shape index (κ2) is 9.77. The second-order valence-corrected chi connectivity index (χ2v) is 5.80. The molecular weight excluding hydrogens is 312 g/mol. The van der Waals surface area contributed by atoms with Gasteiger partial charge >= 0.3 is 5.09 Å². The maximum atomic E-state index is 10.2. The number of rotatable bonds is 10. The lowest BCUT2D eigenvalue weighted by Gasteiger charge is -2.13. The molecule has 0 amide bonds. The summed E-state index contributed by atoms with van der Waals surface area (Å²) in [6.07, 6.45) is 8.47. The molecule has 0 heterocycles. The van der Waals surface area contributed by atoms with Crippen molar-refractivity contribution in [2.45, 2.75) is 52.9 Å². The zero-order valence-electron chi connectivity index (χ0n) is 14.5. The van der Waals surface area contributed by atoms with E-state index in [0.717, 1.165) is 32.1 Å². The van der Waals surface area contributed by atoms with Gasteiger partial charge in [0.05, 0.1) is 0 Å². The Balaban J connectivity index is 2.35. The van der Waals surface area contributed by atoms with Gasteiger partial charge in [-0.25, -0.2) is 4.94 Å². The van der Waals surface area contributed by atoms with E-state index in [-0.39, 0.29) is 11.5 Å². The highest BCUT2D eigenvalue weighted by Gasteiger charge is 2.14. The summed E-state index contributed by atoms with van der Waals surface area (Å²) in [5, 5.41) is 29.3. The molecule has 0 saturated heterocycles. The van der Waals surface area contributed by atoms with Gasteiger partial charge in [0, 0.05) is 17.7 Å². The molecule has 1 aromatic rings. The number of hydroxylamine groups is 1. The molecule has 0 bridgehead atoms. The number of phenolic OH excluding ortho intramolecular Hbond substituents is 2. The van der Waals surface area contributed by atoms with Crippen LogP contribution < -0.4 is 5.48 Å². The van der Waals surface area contributed by atoms with E-state index in [1.807, 2.05) is 12.2 Å². The quantitative estimate of drug-likeness (QED) is 0.260. The normalized spacial score (nSPS) is 11.1. The zero-order chi connectivity index (χ0) is 18.1. The minimum atomic E-state index is -0.868. The van der Waals surface area contributed by atoms with E-state index in [4.69, 9.17) is 0 Å². The molecule has 0 atom stereocenters. The molecule has 3 N–H and O–H groups in total. The predicted octanol–water partition coefficient (Wildman–Crippen LogP) is 3.70. The number of nitrogens with zero attached hydrogens (tertiary/aromatic N) is 1. The predicted molar refractivity (Wildman–Crippen MR) is 92.2 cm³/mol. The highest BCUT2D eigenvalue weighted by molar-refractivity contribution is 5.68. The molecule has 134 valence electrons. The van der Waals surface area contributed by atoms with Crippen LogP contribution in [0.1, 0.15) is 54.4 Å². The molecule has 0 aromatic heterocycles. The molecule has 1 rings (SSSR count). The first-order chi connectivity index (χ1) is 11.4. The highest BCUT2D eigenvalue weighted by Crippen LogP contribution is 2.36. The molecule has 0 saturated carbocycles. The molecule has 0 spiro atoms. The Bertz CT molecular complexity index is 570. The van der Waals surface area contributed by atoms with Crippen molar-refractivity contribution in [1.82, 2.24) is 5.48 Å². The van der Waals surface area contributed by atoms with Crippen molar-refractivity contribution in [2.75, 3.05) is 6.54 Å². The van der Waals surface area contributed by atoms with E-state index in [9.17, 15) is 20.3 Å². The van der Waals surface area contributed by atoms with Crippen LogP contribution in [-0.4, -0.2) is 21.8 Å². The number of aromatic hydroxyl groups is 2. The Morgan fingerprint density at radius 3 is 2.33 bits per heavy atom. The van der Waals surface area contributed by atoms with E-state index in [1.54, 1.807) is 20.8 Å². The van der Waals surface area contributed by atoms with Gasteiger partial charge in [-0.15, -0.1) is 10.1 Å². The molecule has 7 heteroatoms. The van der Waals surface area contributed by atoms with Crippen LogP contribution in [0.2, 0.25) is 0 Å². The van der Waals surface area contributed by atoms with Crippen molar-refractivity contribution in [3.8, 4) is 11.5 Å². The second-order valence-electron chi connectivity index (χ2n) is 5.80. The zero-order valence-corrected chi connectivity index (χ0v) is 14.5. The van der Waals surface area contributed by atoms with E-state index < -0.39 is 5.09 Å². The van der Waals surface area contributed by atoms with Crippen molar-refractivity contribution < 1.29 is 20.2 Å². The molecule has 24 heavy (non-hydrogen) atoms. The topological polar surface area (TPSA) is 105 Å². The lowest BCUT2D eigenvalue weighted by Crippen LogP contribution is -2.19. The van der Waals surface area contributed by atoms with E-state index >= 15 is 0 Å². The fourth-order valence-electron chi connectivity index (χ4n) is 2.46. The van der Waals surface area contributed by atoms with Gasteiger partial charge in [0.1, 0.15) is 11.5 Å². The van der Waals surface area contributed by atoms with Gasteiger partial charge in [0.15, 0.2) is 0 Å². The summed E-state index contributed by atoms with van der Waals surface area (Å²) in [5.74, 6) is 0.449. The Kier molecular flexibility index (Phi) is 8.05. The fraction of sp³-hybridized carbons (Fsp3) is 0.529. The van der Waals surface area contributed by atoms with Crippen LogP contribution in [0.5, 0.6) is 11.5 Å². The molecule has 0 aliphatic carbocycles. The molecule has 0 aliphatic heterocycles. The van der Waals surface area contributed by atoms with Gasteiger partial charge in [-0.1, -0.05) is 25.0 Å². The molecule has 0 fully saturated rings. The smallest absolute Gasteiger partial charge is 0.311 e. The Morgan fingerprint density at radius 2 is 1.67 bits per heavy atom. The number of hydrogen-bond acceptors (Lipinski definition) is 6. The number of hydrogen-bond donors (Lipinski definition) is 3. The van der Waals surface area contributed by atoms with E-state index in [1.165, 1.54) is 0 Å². The third kappa shape index (κ3) is 5.73. The first-order valence-corrected chi connectivity index (χ1v) is 8.08. The summed E-state index contributed by atoms with van der Waals surface area (Å²) in [7, 11) is 0. The van der Waals surface area contributed by atoms with Crippen molar-refractivity contribution in [2.24, 2.45) is 0 Å². The fourth-order valence-corrected chi connectivity index (χ4v) is 2.46. The number of benzene rings is 1. The Hall–Kier alpha value is -2.28. The van der Waals surface area contributed by atoms with Gasteiger partial charge < -0.3 is 10.2 Å². The van der Waals surface area contributed by atoms with Crippen LogP contribution in [0.25, 0.3) is 6.08 Å². The molecule has 0 aliphatic rings. The number of phenols is 2. The molecule has 0 unspecified atom stereocenters. The van der Waals surface area contributed by atoms with Gasteiger partial charge in [0.25, 0.3) is 0 Å². The van der Waals surface area contributed by atoms with E-state index in [2.05, 4.69) is 10.4 Å². The van der Waals surface area contributed by atoms with Crippen molar-refractivity contribution in [3.63, 3.8) is 0 Å². The monoisotopic (exact) mass is 338 g/mol. The summed E-state index contributed by atoms with van der Waals surface area (Å²) < 4.78 is 0. The minimum absolute atomic E-state index is 0.218. The number of unbranched alkanes of at least 4 members (excludes halogenated alkanes) is 4. The lowest BCUT2D eigenvalue weighted by molar-refractivity contribution is -0.776. The van der Waals surface area contributed by atoms with Crippen molar-refractivity contribution in [1.29, 1.82) is 0 Å². The minimum Gasteiger partial charge on any atom is -0.507 e. The summed E-state index contributed by atoms with van der Waals surface area (Å²) in [4.78, 5) is 13.9. The van der Waals surface area contributed by atoms with Crippen LogP contribution >= 0.6 is 0 Å². The number of allylic oxidation sites excluding steroid dienone is 1. The third-order valence-corrected chi connectivity index (χ3v) is 4.11. The SMILES string of the molecule is Cc1c(C)c(O)c(C=CCCCCCCNO[N+](=O)[O-])c(C)c1O. The van der Waals surface area contributed by atoms with Crippen molar-refractivity contribution in [3.05, 3.63) is 38.4 Å². The summed E-state index contributed by atoms with van der Waals surface area (Å²) in [6, 6.07) is 0. The standard InChI is InChI=1S/C17H26N2O5/c1-12-13(2)17(21)15(14(3)16(12)20)10-8-6-4-5-7-9-11-18-24-19(22)23/h8,10,18,20-21H,4-7,9,11H2,1-3H3. The van der Waals surface area contributed by atoms with Gasteiger partial charge in [-0.05, 0) is 51.2 Å². The van der Waals surface area contributed by atoms with Crippen LogP contribution in [-0.2, 0) is 4.94 Å². The molecule has 0 radical (unpaired) electrons. The average molecular weight is 338 g/mol. The first kappa shape index (κ1) is 19.8. The Labute approximate surface area is 142 Å². The Morgan fingerprint density at radius 1 is 1.04 bits per heavy atom. The summed E-state index contributed by atoms with van der Waals surface area (Å²) in [6.45, 7) is 5.82. The average Bonchev–Trinajstić information content (AvgIpc) is 2.55. The third-order valence-electron chi connectivity index (χ3n) is 4.11. The van der Waals surface area contributed by atoms with Gasteiger partial charge in [0.2, 0.25) is 0 Å². The van der Waals surface area contributed by atoms with Crippen LogP contribution in [0.15, 0.2) is 6.08 Å². The maximum Gasteiger partial charge on any atom is 0.311 e. The lowest BCUT2D eigenvalue weighted by atomic mass is 9.97. The number of nitrogens with one attached hydrogen (secondary N) is 1. The van der Waals surface area contributed by atoms with Gasteiger partial charge in [-0.2, -0.15) is 5.48 Å². The highest BCUT2D eigenvalue weighted by atomic mass is 17.0. The maximum absolute atomic E-state index is 10.2. The first-order valence-electron chi connectivity index (χ1n) is 8.08. The largest absolute Gasteiger partial charge is 0.507 e. The van der Waals surface area contributed by atoms with Crippen LogP contribution in [0.3, 0.4) is 0 Å². The molecular formula is C17H26N2O5. The molecule has 1 aromatic carbocycles. The summed E-state index contributed by atoms with van der Waals surface area (Å²) in [5.41, 5.74) is 5.02.